The molecule has 2 atom stereocenters. The first-order chi connectivity index (χ1) is 17.9. The van der Waals surface area contributed by atoms with Crippen LogP contribution >= 0.6 is 0 Å². The number of hydrogen-bond acceptors (Lipinski definition) is 4. The molecular weight excluding hydrogens is 471 g/mol. The van der Waals surface area contributed by atoms with Crippen molar-refractivity contribution >= 4 is 17.6 Å². The summed E-state index contributed by atoms with van der Waals surface area (Å²) < 4.78 is 20.9. The van der Waals surface area contributed by atoms with Gasteiger partial charge in [-0.05, 0) is 61.9 Å². The second-order valence-corrected chi connectivity index (χ2v) is 8.86. The zero-order valence-corrected chi connectivity index (χ0v) is 20.8. The van der Waals surface area contributed by atoms with E-state index in [1.54, 1.807) is 46.0 Å². The highest BCUT2D eigenvalue weighted by Gasteiger charge is 2.45. The number of aryl methyl sites for hydroxylation is 1. The Labute approximate surface area is 214 Å². The summed E-state index contributed by atoms with van der Waals surface area (Å²) >= 11 is 0. The van der Waals surface area contributed by atoms with Crippen LogP contribution in [0.2, 0.25) is 0 Å². The molecule has 7 nitrogen and oxygen atoms in total. The van der Waals surface area contributed by atoms with E-state index in [4.69, 9.17) is 9.84 Å². The maximum absolute atomic E-state index is 14.0. The number of carbonyl (C=O) groups excluding carboxylic acids is 2. The van der Waals surface area contributed by atoms with Gasteiger partial charge >= 0.3 is 0 Å². The number of likely N-dealkylation sites (N-methyl/N-ethyl adjacent to an activating group) is 1. The lowest BCUT2D eigenvalue weighted by atomic mass is 9.81. The summed E-state index contributed by atoms with van der Waals surface area (Å²) in [6.45, 7) is 4.16. The number of rotatable bonds is 6. The number of nitrogens with zero attached hydrogens (tertiary/aromatic N) is 3. The Hall–Kier alpha value is -4.46. The van der Waals surface area contributed by atoms with E-state index in [-0.39, 0.29) is 11.7 Å². The lowest BCUT2D eigenvalue weighted by Gasteiger charge is -2.38. The van der Waals surface area contributed by atoms with E-state index in [1.165, 1.54) is 19.2 Å². The van der Waals surface area contributed by atoms with E-state index < -0.39 is 17.9 Å². The summed E-state index contributed by atoms with van der Waals surface area (Å²) in [4.78, 5) is 29.0. The predicted octanol–water partition coefficient (Wildman–Crippen LogP) is 4.63. The molecule has 5 rings (SSSR count). The molecule has 188 valence electrons. The minimum Gasteiger partial charge on any atom is -0.497 e. The Bertz CT molecular complexity index is 1450. The lowest BCUT2D eigenvalue weighted by molar-refractivity contribution is -0.121. The standard InChI is InChI=1S/C29H27FN4O3/c1-4-33-28-24(18(2)32-34(28)22-10-6-5-7-11-22)25(19-13-15-21(30)16-14-19)26(29(33)36)31-27(35)20-9-8-12-23(17-20)37-3/h5-17,25-26H,4H2,1-3H3,(H,31,35)/t25-,26-/m0/s1. The summed E-state index contributed by atoms with van der Waals surface area (Å²) in [5.41, 5.74) is 3.43. The predicted molar refractivity (Wildman–Crippen MR) is 139 cm³/mol. The number of hydrogen-bond donors (Lipinski definition) is 1. The van der Waals surface area contributed by atoms with Crippen molar-refractivity contribution in [3.8, 4) is 11.4 Å². The second-order valence-electron chi connectivity index (χ2n) is 8.86. The molecule has 0 aliphatic carbocycles. The third-order valence-corrected chi connectivity index (χ3v) is 6.68. The van der Waals surface area contributed by atoms with Gasteiger partial charge in [0, 0.05) is 23.6 Å². The molecule has 0 radical (unpaired) electrons. The first-order valence-corrected chi connectivity index (χ1v) is 12.1. The number of methoxy groups -OCH3 is 1. The minimum absolute atomic E-state index is 0.266. The third-order valence-electron chi connectivity index (χ3n) is 6.68. The van der Waals surface area contributed by atoms with Crippen LogP contribution in [-0.2, 0) is 4.79 Å². The monoisotopic (exact) mass is 498 g/mol. The molecule has 1 aromatic heterocycles. The fourth-order valence-electron chi connectivity index (χ4n) is 4.95. The molecule has 1 N–H and O–H groups in total. The summed E-state index contributed by atoms with van der Waals surface area (Å²) in [5.74, 6) is -0.435. The van der Waals surface area contributed by atoms with Gasteiger partial charge in [0.25, 0.3) is 11.8 Å². The Morgan fingerprint density at radius 1 is 1.05 bits per heavy atom. The Kier molecular flexibility index (Phi) is 6.48. The zero-order chi connectivity index (χ0) is 26.1. The SMILES string of the molecule is CCN1C(=O)[C@@H](NC(=O)c2cccc(OC)c2)[C@@H](c2ccc(F)cc2)c2c(C)nn(-c3ccccc3)c21. The molecule has 0 saturated carbocycles. The van der Waals surface area contributed by atoms with E-state index in [1.807, 2.05) is 44.2 Å². The summed E-state index contributed by atoms with van der Waals surface area (Å²) in [6.07, 6.45) is 0. The van der Waals surface area contributed by atoms with E-state index >= 15 is 0 Å². The van der Waals surface area contributed by atoms with Crippen LogP contribution in [0, 0.1) is 12.7 Å². The van der Waals surface area contributed by atoms with Gasteiger partial charge < -0.3 is 10.1 Å². The molecule has 0 spiro atoms. The van der Waals surface area contributed by atoms with Crippen molar-refractivity contribution in [1.82, 2.24) is 15.1 Å². The van der Waals surface area contributed by atoms with Crippen molar-refractivity contribution < 1.29 is 18.7 Å². The fraction of sp³-hybridized carbons (Fsp3) is 0.207. The topological polar surface area (TPSA) is 76.5 Å². The van der Waals surface area contributed by atoms with Gasteiger partial charge in [0.1, 0.15) is 23.4 Å². The van der Waals surface area contributed by atoms with Gasteiger partial charge in [-0.1, -0.05) is 36.4 Å². The third kappa shape index (κ3) is 4.35. The summed E-state index contributed by atoms with van der Waals surface area (Å²) in [6, 6.07) is 21.5. The number of benzene rings is 3. The van der Waals surface area contributed by atoms with Gasteiger partial charge in [0.15, 0.2) is 0 Å². The maximum Gasteiger partial charge on any atom is 0.252 e. The normalized spacial score (nSPS) is 16.9. The highest BCUT2D eigenvalue weighted by Crippen LogP contribution is 2.43. The molecule has 3 aromatic carbocycles. The number of aromatic nitrogens is 2. The van der Waals surface area contributed by atoms with Crippen molar-refractivity contribution in [2.45, 2.75) is 25.8 Å². The number of halogens is 1. The summed E-state index contributed by atoms with van der Waals surface area (Å²) in [7, 11) is 1.53. The first-order valence-electron chi connectivity index (χ1n) is 12.1. The molecule has 1 aliphatic heterocycles. The molecule has 1 aliphatic rings. The number of fused-ring (bicyclic) bond motifs is 1. The number of ether oxygens (including phenoxy) is 1. The van der Waals surface area contributed by atoms with E-state index in [2.05, 4.69) is 5.32 Å². The van der Waals surface area contributed by atoms with Crippen LogP contribution in [0.3, 0.4) is 0 Å². The zero-order valence-electron chi connectivity index (χ0n) is 20.8. The van der Waals surface area contributed by atoms with Gasteiger partial charge in [-0.25, -0.2) is 9.07 Å². The average molecular weight is 499 g/mol. The molecule has 0 unspecified atom stereocenters. The molecule has 8 heteroatoms. The van der Waals surface area contributed by atoms with Gasteiger partial charge in [0.05, 0.1) is 18.5 Å². The second kappa shape index (κ2) is 9.89. The van der Waals surface area contributed by atoms with Crippen LogP contribution < -0.4 is 15.0 Å². The average Bonchev–Trinajstić information content (AvgIpc) is 3.26. The molecule has 2 heterocycles. The van der Waals surface area contributed by atoms with Gasteiger partial charge in [0.2, 0.25) is 0 Å². The smallest absolute Gasteiger partial charge is 0.252 e. The van der Waals surface area contributed by atoms with Crippen LogP contribution in [0.5, 0.6) is 5.75 Å². The van der Waals surface area contributed by atoms with Crippen molar-refractivity contribution in [2.24, 2.45) is 0 Å². The number of carbonyl (C=O) groups is 2. The first kappa shape index (κ1) is 24.2. The molecule has 0 saturated heterocycles. The Balaban J connectivity index is 1.67. The minimum atomic E-state index is -0.927. The van der Waals surface area contributed by atoms with Crippen LogP contribution in [0.1, 0.15) is 40.0 Å². The Morgan fingerprint density at radius 2 is 1.78 bits per heavy atom. The van der Waals surface area contributed by atoms with Crippen LogP contribution in [0.15, 0.2) is 78.9 Å². The van der Waals surface area contributed by atoms with E-state index in [0.717, 1.165) is 16.9 Å². The van der Waals surface area contributed by atoms with Gasteiger partial charge in [-0.15, -0.1) is 0 Å². The van der Waals surface area contributed by atoms with Gasteiger partial charge in [-0.2, -0.15) is 5.10 Å². The number of amides is 2. The Morgan fingerprint density at radius 3 is 2.46 bits per heavy atom. The highest BCUT2D eigenvalue weighted by atomic mass is 19.1. The molecule has 0 bridgehead atoms. The highest BCUT2D eigenvalue weighted by molar-refractivity contribution is 6.05. The van der Waals surface area contributed by atoms with Crippen molar-refractivity contribution in [1.29, 1.82) is 0 Å². The van der Waals surface area contributed by atoms with Gasteiger partial charge in [-0.3, -0.25) is 14.5 Å². The number of anilines is 1. The number of para-hydroxylation sites is 1. The quantitative estimate of drug-likeness (QED) is 0.421. The van der Waals surface area contributed by atoms with Crippen LogP contribution in [0.4, 0.5) is 10.2 Å². The van der Waals surface area contributed by atoms with Crippen molar-refractivity contribution in [2.75, 3.05) is 18.6 Å². The van der Waals surface area contributed by atoms with Crippen LogP contribution in [-0.4, -0.2) is 41.3 Å². The maximum atomic E-state index is 14.0. The van der Waals surface area contributed by atoms with Crippen molar-refractivity contribution in [3.63, 3.8) is 0 Å². The molecule has 2 amide bonds. The summed E-state index contributed by atoms with van der Waals surface area (Å²) in [5, 5.41) is 7.77. The largest absolute Gasteiger partial charge is 0.497 e. The fourth-order valence-corrected chi connectivity index (χ4v) is 4.95. The molecular formula is C29H27FN4O3. The van der Waals surface area contributed by atoms with Crippen molar-refractivity contribution in [3.05, 3.63) is 107 Å². The molecule has 0 fully saturated rings. The molecule has 37 heavy (non-hydrogen) atoms. The van der Waals surface area contributed by atoms with Crippen LogP contribution in [0.25, 0.3) is 5.69 Å². The lowest BCUT2D eigenvalue weighted by Crippen LogP contribution is -2.55. The van der Waals surface area contributed by atoms with E-state index in [0.29, 0.717) is 29.2 Å². The molecule has 4 aromatic rings. The van der Waals surface area contributed by atoms with E-state index in [9.17, 15) is 14.0 Å². The number of nitrogens with one attached hydrogen (secondary N) is 1.